The first-order valence-electron chi connectivity index (χ1n) is 5.59. The summed E-state index contributed by atoms with van der Waals surface area (Å²) in [5.74, 6) is 2.16. The summed E-state index contributed by atoms with van der Waals surface area (Å²) >= 11 is 4.42. The summed E-state index contributed by atoms with van der Waals surface area (Å²) in [6.45, 7) is 4.76. The molecule has 0 fully saturated rings. The van der Waals surface area contributed by atoms with Crippen LogP contribution in [0.3, 0.4) is 0 Å². The highest BCUT2D eigenvalue weighted by atomic mass is 32.1. The Morgan fingerprint density at radius 3 is 2.87 bits per heavy atom. The topological polar surface area (TPSA) is 9.23 Å². The van der Waals surface area contributed by atoms with Gasteiger partial charge in [-0.3, -0.25) is 0 Å². The lowest BCUT2D eigenvalue weighted by atomic mass is 9.93. The molecule has 1 aliphatic carbocycles. The molecule has 0 aromatic rings. The first-order valence-corrected chi connectivity index (χ1v) is 6.23. The normalized spacial score (nSPS) is 18.6. The van der Waals surface area contributed by atoms with Crippen LogP contribution in [0.4, 0.5) is 0 Å². The second-order valence-electron chi connectivity index (χ2n) is 3.54. The SMILES string of the molecule is C/C=C(\OCC)[C@H](CS)C1=CCCC=C1. The van der Waals surface area contributed by atoms with Crippen LogP contribution in [0.1, 0.15) is 26.7 Å². The van der Waals surface area contributed by atoms with Crippen molar-refractivity contribution in [2.24, 2.45) is 5.92 Å². The Morgan fingerprint density at radius 2 is 2.40 bits per heavy atom. The van der Waals surface area contributed by atoms with Crippen molar-refractivity contribution in [2.45, 2.75) is 26.7 Å². The van der Waals surface area contributed by atoms with Gasteiger partial charge < -0.3 is 4.74 Å². The van der Waals surface area contributed by atoms with E-state index in [9.17, 15) is 0 Å². The molecule has 0 aromatic heterocycles. The maximum atomic E-state index is 5.63. The molecule has 0 spiro atoms. The summed E-state index contributed by atoms with van der Waals surface area (Å²) in [4.78, 5) is 0. The molecule has 0 radical (unpaired) electrons. The van der Waals surface area contributed by atoms with Crippen LogP contribution in [0.5, 0.6) is 0 Å². The fourth-order valence-corrected chi connectivity index (χ4v) is 2.19. The molecule has 1 aliphatic rings. The quantitative estimate of drug-likeness (QED) is 0.553. The number of rotatable bonds is 5. The number of hydrogen-bond donors (Lipinski definition) is 1. The zero-order valence-corrected chi connectivity index (χ0v) is 10.5. The van der Waals surface area contributed by atoms with Crippen molar-refractivity contribution in [3.63, 3.8) is 0 Å². The molecule has 0 saturated heterocycles. The Morgan fingerprint density at radius 1 is 1.60 bits per heavy atom. The van der Waals surface area contributed by atoms with Crippen LogP contribution in [0.15, 0.2) is 35.6 Å². The molecule has 2 heteroatoms. The van der Waals surface area contributed by atoms with Crippen LogP contribution < -0.4 is 0 Å². The Bertz CT molecular complexity index is 276. The lowest BCUT2D eigenvalue weighted by Gasteiger charge is -2.21. The molecular formula is C13H20OS. The summed E-state index contributed by atoms with van der Waals surface area (Å²) in [5, 5.41) is 0. The maximum Gasteiger partial charge on any atom is 0.0999 e. The van der Waals surface area contributed by atoms with E-state index in [0.29, 0.717) is 5.92 Å². The highest BCUT2D eigenvalue weighted by Crippen LogP contribution is 2.26. The van der Waals surface area contributed by atoms with E-state index < -0.39 is 0 Å². The Labute approximate surface area is 98.3 Å². The molecule has 1 atom stereocenters. The lowest BCUT2D eigenvalue weighted by molar-refractivity contribution is 0.204. The largest absolute Gasteiger partial charge is 0.498 e. The third-order valence-electron chi connectivity index (χ3n) is 2.55. The average molecular weight is 224 g/mol. The number of thiol groups is 1. The van der Waals surface area contributed by atoms with E-state index in [1.807, 2.05) is 19.9 Å². The minimum atomic E-state index is 0.315. The highest BCUT2D eigenvalue weighted by molar-refractivity contribution is 7.80. The lowest BCUT2D eigenvalue weighted by Crippen LogP contribution is -2.12. The van der Waals surface area contributed by atoms with Gasteiger partial charge in [0, 0.05) is 11.7 Å². The van der Waals surface area contributed by atoms with Crippen molar-refractivity contribution in [3.05, 3.63) is 35.6 Å². The minimum Gasteiger partial charge on any atom is -0.498 e. The van der Waals surface area contributed by atoms with Crippen molar-refractivity contribution >= 4 is 12.6 Å². The molecule has 0 saturated carbocycles. The summed E-state index contributed by atoms with van der Waals surface area (Å²) in [6, 6.07) is 0. The Kier molecular flexibility index (Phi) is 5.62. The number of ether oxygens (including phenoxy) is 1. The van der Waals surface area contributed by atoms with Gasteiger partial charge in [0.2, 0.25) is 0 Å². The van der Waals surface area contributed by atoms with Crippen molar-refractivity contribution in [2.75, 3.05) is 12.4 Å². The molecule has 1 rings (SSSR count). The third kappa shape index (κ3) is 3.45. The molecule has 0 N–H and O–H groups in total. The van der Waals surface area contributed by atoms with E-state index in [0.717, 1.165) is 31.0 Å². The van der Waals surface area contributed by atoms with Crippen LogP contribution in [0, 0.1) is 5.92 Å². The van der Waals surface area contributed by atoms with E-state index in [2.05, 4.69) is 30.9 Å². The van der Waals surface area contributed by atoms with Gasteiger partial charge >= 0.3 is 0 Å². The number of hydrogen-bond acceptors (Lipinski definition) is 2. The second kappa shape index (κ2) is 6.78. The van der Waals surface area contributed by atoms with E-state index in [1.54, 1.807) is 0 Å². The van der Waals surface area contributed by atoms with Crippen LogP contribution in [0.2, 0.25) is 0 Å². The zero-order valence-electron chi connectivity index (χ0n) is 9.57. The van der Waals surface area contributed by atoms with Crippen molar-refractivity contribution in [1.82, 2.24) is 0 Å². The van der Waals surface area contributed by atoms with Gasteiger partial charge in [-0.25, -0.2) is 0 Å². The van der Waals surface area contributed by atoms with Gasteiger partial charge in [0.1, 0.15) is 0 Å². The van der Waals surface area contributed by atoms with Gasteiger partial charge in [-0.15, -0.1) is 0 Å². The van der Waals surface area contributed by atoms with Gasteiger partial charge in [-0.2, -0.15) is 12.6 Å². The molecule has 0 heterocycles. The zero-order chi connectivity index (χ0) is 11.1. The summed E-state index contributed by atoms with van der Waals surface area (Å²) in [7, 11) is 0. The maximum absolute atomic E-state index is 5.63. The monoisotopic (exact) mass is 224 g/mol. The standard InChI is InChI=1S/C13H20OS/c1-3-13(14-4-2)12(10-15)11-8-6-5-7-9-11/h3,6,8-9,12,15H,4-5,7,10H2,1-2H3/b13-3-/t12-/m1/s1. The third-order valence-corrected chi connectivity index (χ3v) is 2.91. The van der Waals surface area contributed by atoms with Gasteiger partial charge in [0.15, 0.2) is 0 Å². The molecule has 0 amide bonds. The molecular weight excluding hydrogens is 204 g/mol. The first-order chi connectivity index (χ1) is 7.33. The Hall–Kier alpha value is -0.630. The van der Waals surface area contributed by atoms with E-state index in [1.165, 1.54) is 5.57 Å². The average Bonchev–Trinajstić information content (AvgIpc) is 2.30. The summed E-state index contributed by atoms with van der Waals surface area (Å²) in [6.07, 6.45) is 11.1. The van der Waals surface area contributed by atoms with Crippen LogP contribution >= 0.6 is 12.6 Å². The van der Waals surface area contributed by atoms with Crippen LogP contribution in [0.25, 0.3) is 0 Å². The van der Waals surface area contributed by atoms with Crippen molar-refractivity contribution in [3.8, 4) is 0 Å². The predicted molar refractivity (Wildman–Crippen MR) is 69.2 cm³/mol. The van der Waals surface area contributed by atoms with Gasteiger partial charge in [-0.05, 0) is 38.3 Å². The molecule has 0 aliphatic heterocycles. The first kappa shape index (κ1) is 12.4. The van der Waals surface area contributed by atoms with Gasteiger partial charge in [0.25, 0.3) is 0 Å². The van der Waals surface area contributed by atoms with Crippen LogP contribution in [-0.2, 0) is 4.74 Å². The van der Waals surface area contributed by atoms with Gasteiger partial charge in [-0.1, -0.05) is 18.2 Å². The van der Waals surface area contributed by atoms with Crippen molar-refractivity contribution < 1.29 is 4.74 Å². The summed E-state index contributed by atoms with van der Waals surface area (Å²) < 4.78 is 5.63. The Balaban J connectivity index is 2.77. The van der Waals surface area contributed by atoms with Crippen molar-refractivity contribution in [1.29, 1.82) is 0 Å². The predicted octanol–water partition coefficient (Wildman–Crippen LogP) is 3.75. The summed E-state index contributed by atoms with van der Waals surface area (Å²) in [5.41, 5.74) is 1.35. The molecule has 0 unspecified atom stereocenters. The number of allylic oxidation sites excluding steroid dienone is 5. The second-order valence-corrected chi connectivity index (χ2v) is 3.91. The fourth-order valence-electron chi connectivity index (χ4n) is 1.80. The van der Waals surface area contributed by atoms with E-state index in [-0.39, 0.29) is 0 Å². The van der Waals surface area contributed by atoms with E-state index in [4.69, 9.17) is 4.74 Å². The molecule has 84 valence electrons. The minimum absolute atomic E-state index is 0.315. The molecule has 1 nitrogen and oxygen atoms in total. The molecule has 0 aromatic carbocycles. The van der Waals surface area contributed by atoms with E-state index >= 15 is 0 Å². The van der Waals surface area contributed by atoms with Gasteiger partial charge in [0.05, 0.1) is 12.4 Å². The molecule has 0 bridgehead atoms. The molecule has 15 heavy (non-hydrogen) atoms. The smallest absolute Gasteiger partial charge is 0.0999 e. The van der Waals surface area contributed by atoms with Crippen LogP contribution in [-0.4, -0.2) is 12.4 Å². The fraction of sp³-hybridized carbons (Fsp3) is 0.538. The highest BCUT2D eigenvalue weighted by Gasteiger charge is 2.17.